The second-order valence-electron chi connectivity index (χ2n) is 7.17. The number of nitrogens with zero attached hydrogens (tertiary/aromatic N) is 2. The minimum absolute atomic E-state index is 0.100. The molecule has 1 amide bonds. The molecule has 166 valence electrons. The van der Waals surface area contributed by atoms with E-state index < -0.39 is 5.97 Å². The van der Waals surface area contributed by atoms with Crippen LogP contribution in [0.2, 0.25) is 0 Å². The molecule has 10 heteroatoms. The van der Waals surface area contributed by atoms with Crippen LogP contribution in [0.25, 0.3) is 0 Å². The Balaban J connectivity index is 1.51. The molecule has 1 aromatic carbocycles. The lowest BCUT2D eigenvalue weighted by atomic mass is 9.93. The van der Waals surface area contributed by atoms with Gasteiger partial charge in [0.25, 0.3) is 0 Å². The van der Waals surface area contributed by atoms with Gasteiger partial charge < -0.3 is 20.3 Å². The number of rotatable bonds is 6. The highest BCUT2D eigenvalue weighted by atomic mass is 32.1. The number of amides is 1. The predicted octanol–water partition coefficient (Wildman–Crippen LogP) is 3.47. The first-order valence-corrected chi connectivity index (χ1v) is 10.9. The van der Waals surface area contributed by atoms with Crippen LogP contribution in [-0.2, 0) is 9.53 Å². The Labute approximate surface area is 185 Å². The van der Waals surface area contributed by atoms with Gasteiger partial charge in [0.1, 0.15) is 5.00 Å². The highest BCUT2D eigenvalue weighted by molar-refractivity contribution is 7.14. The summed E-state index contributed by atoms with van der Waals surface area (Å²) in [5.74, 6) is 0.410. The quantitative estimate of drug-likeness (QED) is 0.233. The van der Waals surface area contributed by atoms with E-state index in [0.29, 0.717) is 28.6 Å². The number of piperidine rings is 1. The zero-order valence-electron chi connectivity index (χ0n) is 17.6. The number of likely N-dealkylation sites (tertiary alicyclic amines) is 1. The normalized spacial score (nSPS) is 14.8. The fraction of sp³-hybridized carbons (Fsp3) is 0.381. The molecule has 2 heterocycles. The molecule has 0 bridgehead atoms. The molecule has 1 aromatic heterocycles. The highest BCUT2D eigenvalue weighted by Gasteiger charge is 2.24. The molecular formula is C21H27N5O4S. The van der Waals surface area contributed by atoms with Gasteiger partial charge in [0.2, 0.25) is 5.91 Å². The Hall–Kier alpha value is -3.11. The average Bonchev–Trinajstić information content (AvgIpc) is 3.25. The molecule has 0 unspecified atom stereocenters. The Morgan fingerprint density at radius 3 is 2.55 bits per heavy atom. The average molecular weight is 446 g/mol. The Morgan fingerprint density at radius 1 is 1.19 bits per heavy atom. The van der Waals surface area contributed by atoms with Crippen LogP contribution >= 0.6 is 11.3 Å². The Morgan fingerprint density at radius 2 is 1.90 bits per heavy atom. The third kappa shape index (κ3) is 5.74. The van der Waals surface area contributed by atoms with Crippen LogP contribution in [0.3, 0.4) is 0 Å². The molecule has 0 spiro atoms. The first-order chi connectivity index (χ1) is 15.0. The molecule has 31 heavy (non-hydrogen) atoms. The van der Waals surface area contributed by atoms with Gasteiger partial charge in [-0.05, 0) is 42.3 Å². The summed E-state index contributed by atoms with van der Waals surface area (Å²) >= 11 is 1.31. The zero-order valence-corrected chi connectivity index (χ0v) is 18.4. The summed E-state index contributed by atoms with van der Waals surface area (Å²) in [5, 5.41) is 17.7. The maximum atomic E-state index is 12.5. The number of anilines is 3. The topological polar surface area (TPSA) is 115 Å². The summed E-state index contributed by atoms with van der Waals surface area (Å²) in [4.78, 5) is 30.7. The van der Waals surface area contributed by atoms with Gasteiger partial charge in [-0.15, -0.1) is 11.3 Å². The molecule has 9 nitrogen and oxygen atoms in total. The highest BCUT2D eigenvalue weighted by Crippen LogP contribution is 2.27. The van der Waals surface area contributed by atoms with Crippen LogP contribution in [0.1, 0.15) is 29.6 Å². The Bertz CT molecular complexity index is 937. The molecule has 0 saturated carbocycles. The lowest BCUT2D eigenvalue weighted by molar-refractivity contribution is -0.117. The van der Waals surface area contributed by atoms with Crippen LogP contribution in [0.4, 0.5) is 16.4 Å². The minimum atomic E-state index is -0.457. The fourth-order valence-electron chi connectivity index (χ4n) is 3.55. The molecule has 4 N–H and O–H groups in total. The van der Waals surface area contributed by atoms with Crippen molar-refractivity contribution < 1.29 is 19.5 Å². The summed E-state index contributed by atoms with van der Waals surface area (Å²) in [6.45, 7) is 1.53. The van der Waals surface area contributed by atoms with E-state index in [2.05, 4.69) is 26.0 Å². The van der Waals surface area contributed by atoms with Crippen molar-refractivity contribution in [2.45, 2.75) is 19.3 Å². The van der Waals surface area contributed by atoms with Gasteiger partial charge in [-0.1, -0.05) is 12.1 Å². The fourth-order valence-corrected chi connectivity index (χ4v) is 4.34. The number of aliphatic imine (C=N–C) groups is 1. The molecule has 1 saturated heterocycles. The molecule has 1 fully saturated rings. The standard InChI is InChI=1S/C21H27N5O4S/c1-22-21(23-16-5-3-4-6-17(16)25-29)26-10-7-14(8-11-26)13-18(27)24-19-15(9-12-31-19)20(28)30-2/h3-6,9,12,14,25,29H,7-8,10-11,13H2,1-2H3,(H,22,23)(H,24,27). The van der Waals surface area contributed by atoms with E-state index in [1.54, 1.807) is 24.6 Å². The summed E-state index contributed by atoms with van der Waals surface area (Å²) < 4.78 is 4.74. The molecule has 0 atom stereocenters. The van der Waals surface area contributed by atoms with Crippen molar-refractivity contribution in [3.8, 4) is 0 Å². The number of para-hydroxylation sites is 2. The third-order valence-corrected chi connectivity index (χ3v) is 6.05. The van der Waals surface area contributed by atoms with Gasteiger partial charge in [0.05, 0.1) is 24.0 Å². The Kier molecular flexibility index (Phi) is 7.85. The largest absolute Gasteiger partial charge is 0.465 e. The van der Waals surface area contributed by atoms with E-state index in [4.69, 9.17) is 4.74 Å². The number of esters is 1. The number of nitrogens with one attached hydrogen (secondary N) is 3. The van der Waals surface area contributed by atoms with Crippen molar-refractivity contribution in [3.63, 3.8) is 0 Å². The monoisotopic (exact) mass is 445 g/mol. The molecule has 0 radical (unpaired) electrons. The number of ether oxygens (including phenoxy) is 1. The van der Waals surface area contributed by atoms with E-state index in [0.717, 1.165) is 31.6 Å². The number of carbonyl (C=O) groups is 2. The molecule has 3 rings (SSSR count). The SMILES string of the molecule is CN=C(Nc1ccccc1NO)N1CCC(CC(=O)Nc2sccc2C(=O)OC)CC1. The smallest absolute Gasteiger partial charge is 0.340 e. The second-order valence-corrected chi connectivity index (χ2v) is 8.08. The van der Waals surface area contributed by atoms with Crippen LogP contribution in [-0.4, -0.2) is 55.2 Å². The van der Waals surface area contributed by atoms with E-state index in [9.17, 15) is 14.8 Å². The van der Waals surface area contributed by atoms with Crippen LogP contribution in [0.5, 0.6) is 0 Å². The van der Waals surface area contributed by atoms with E-state index in [1.807, 2.05) is 18.2 Å². The summed E-state index contributed by atoms with van der Waals surface area (Å²) in [5.41, 5.74) is 3.85. The predicted molar refractivity (Wildman–Crippen MR) is 122 cm³/mol. The second kappa shape index (κ2) is 10.8. The number of benzene rings is 1. The number of methoxy groups -OCH3 is 1. The van der Waals surface area contributed by atoms with Crippen molar-refractivity contribution in [2.24, 2.45) is 10.9 Å². The number of guanidine groups is 1. The van der Waals surface area contributed by atoms with Crippen molar-refractivity contribution >= 4 is 45.5 Å². The number of thiophene rings is 1. The first-order valence-electron chi connectivity index (χ1n) is 9.99. The van der Waals surface area contributed by atoms with Gasteiger partial charge in [0, 0.05) is 26.6 Å². The number of carbonyl (C=O) groups excluding carboxylic acids is 2. The zero-order chi connectivity index (χ0) is 22.2. The van der Waals surface area contributed by atoms with Crippen molar-refractivity contribution in [3.05, 3.63) is 41.3 Å². The van der Waals surface area contributed by atoms with Gasteiger partial charge in [0.15, 0.2) is 5.96 Å². The summed E-state index contributed by atoms with van der Waals surface area (Å²) in [6, 6.07) is 8.97. The van der Waals surface area contributed by atoms with Crippen molar-refractivity contribution in [1.82, 2.24) is 4.90 Å². The lowest BCUT2D eigenvalue weighted by Crippen LogP contribution is -2.42. The number of hydrogen-bond donors (Lipinski definition) is 4. The molecular weight excluding hydrogens is 418 g/mol. The van der Waals surface area contributed by atoms with Crippen molar-refractivity contribution in [2.75, 3.05) is 43.4 Å². The summed E-state index contributed by atoms with van der Waals surface area (Å²) in [6.07, 6.45) is 2.10. The van der Waals surface area contributed by atoms with E-state index >= 15 is 0 Å². The van der Waals surface area contributed by atoms with Crippen molar-refractivity contribution in [1.29, 1.82) is 0 Å². The van der Waals surface area contributed by atoms with Gasteiger partial charge >= 0.3 is 5.97 Å². The van der Waals surface area contributed by atoms with E-state index in [-0.39, 0.29) is 11.8 Å². The number of hydrogen-bond acceptors (Lipinski definition) is 7. The van der Waals surface area contributed by atoms with Gasteiger partial charge in [-0.3, -0.25) is 20.5 Å². The molecule has 1 aliphatic rings. The minimum Gasteiger partial charge on any atom is -0.465 e. The van der Waals surface area contributed by atoms with Crippen LogP contribution in [0, 0.1) is 5.92 Å². The first kappa shape index (κ1) is 22.6. The van der Waals surface area contributed by atoms with Gasteiger partial charge in [-0.2, -0.15) is 0 Å². The maximum absolute atomic E-state index is 12.5. The molecule has 0 aliphatic carbocycles. The third-order valence-electron chi connectivity index (χ3n) is 5.22. The van der Waals surface area contributed by atoms with Gasteiger partial charge in [-0.25, -0.2) is 4.79 Å². The lowest BCUT2D eigenvalue weighted by Gasteiger charge is -2.34. The molecule has 2 aromatic rings. The van der Waals surface area contributed by atoms with Crippen LogP contribution < -0.4 is 16.1 Å². The maximum Gasteiger partial charge on any atom is 0.340 e. The summed E-state index contributed by atoms with van der Waals surface area (Å²) in [7, 11) is 3.04. The molecule has 1 aliphatic heterocycles. The van der Waals surface area contributed by atoms with Crippen LogP contribution in [0.15, 0.2) is 40.7 Å². The van der Waals surface area contributed by atoms with E-state index in [1.165, 1.54) is 18.4 Å².